The fourth-order valence-electron chi connectivity index (χ4n) is 4.43. The Balaban J connectivity index is 1.14. The topological polar surface area (TPSA) is 73.5 Å². The van der Waals surface area contributed by atoms with Gasteiger partial charge in [-0.3, -0.25) is 14.5 Å². The number of hydrogen-bond donors (Lipinski definition) is 3. The molecule has 194 valence electrons. The molecule has 0 bridgehead atoms. The van der Waals surface area contributed by atoms with Crippen LogP contribution in [-0.4, -0.2) is 48.9 Å². The zero-order valence-corrected chi connectivity index (χ0v) is 23.5. The molecule has 0 aliphatic carbocycles. The Morgan fingerprint density at radius 1 is 0.811 bits per heavy atom. The van der Waals surface area contributed by atoms with Gasteiger partial charge in [-0.25, -0.2) is 0 Å². The van der Waals surface area contributed by atoms with Crippen LogP contribution in [0.1, 0.15) is 50.2 Å². The van der Waals surface area contributed by atoms with E-state index in [-0.39, 0.29) is 17.9 Å². The van der Waals surface area contributed by atoms with Gasteiger partial charge in [-0.15, -0.1) is 0 Å². The largest absolute Gasteiger partial charge is 0.351 e. The summed E-state index contributed by atoms with van der Waals surface area (Å²) in [6.45, 7) is 6.98. The molecule has 7 heteroatoms. The standard InChI is InChI=1S/C30H35IN4O2/c1-22-2-4-24(5-3-22)21-35-18-14-28(15-19-35)34-30(37)26-10-8-25(9-11-26)29(36)33-17-16-32-20-23-6-12-27(31)13-7-23/h2-13,28,32H,14-21H2,1H3,(H,33,36)(H,34,37). The van der Waals surface area contributed by atoms with E-state index in [4.69, 9.17) is 0 Å². The molecule has 3 N–H and O–H groups in total. The Kier molecular flexibility index (Phi) is 10.1. The average Bonchev–Trinajstić information content (AvgIpc) is 2.92. The van der Waals surface area contributed by atoms with Gasteiger partial charge in [0.1, 0.15) is 0 Å². The van der Waals surface area contributed by atoms with Gasteiger partial charge in [-0.2, -0.15) is 0 Å². The maximum atomic E-state index is 12.7. The summed E-state index contributed by atoms with van der Waals surface area (Å²) >= 11 is 2.29. The minimum absolute atomic E-state index is 0.0799. The quantitative estimate of drug-likeness (QED) is 0.234. The Morgan fingerprint density at radius 2 is 1.41 bits per heavy atom. The van der Waals surface area contributed by atoms with Crippen molar-refractivity contribution in [1.29, 1.82) is 0 Å². The van der Waals surface area contributed by atoms with Crippen LogP contribution in [0.3, 0.4) is 0 Å². The Bertz CT molecular complexity index is 1160. The van der Waals surface area contributed by atoms with Crippen LogP contribution in [0.4, 0.5) is 0 Å². The van der Waals surface area contributed by atoms with Gasteiger partial charge in [0, 0.05) is 60.0 Å². The summed E-state index contributed by atoms with van der Waals surface area (Å²) in [5.74, 6) is -0.215. The first-order chi connectivity index (χ1) is 18.0. The lowest BCUT2D eigenvalue weighted by atomic mass is 10.0. The minimum atomic E-state index is -0.135. The van der Waals surface area contributed by atoms with E-state index in [1.165, 1.54) is 20.3 Å². The van der Waals surface area contributed by atoms with Crippen molar-refractivity contribution in [3.05, 3.63) is 104 Å². The fourth-order valence-corrected chi connectivity index (χ4v) is 4.79. The number of nitrogens with zero attached hydrogens (tertiary/aromatic N) is 1. The van der Waals surface area contributed by atoms with Crippen molar-refractivity contribution in [2.45, 2.75) is 38.9 Å². The highest BCUT2D eigenvalue weighted by Crippen LogP contribution is 2.15. The molecule has 0 aromatic heterocycles. The smallest absolute Gasteiger partial charge is 0.251 e. The fraction of sp³-hybridized carbons (Fsp3) is 0.333. The molecule has 1 aliphatic rings. The number of rotatable bonds is 10. The van der Waals surface area contributed by atoms with Crippen LogP contribution in [-0.2, 0) is 13.1 Å². The van der Waals surface area contributed by atoms with Crippen LogP contribution in [0.2, 0.25) is 0 Å². The van der Waals surface area contributed by atoms with E-state index in [0.717, 1.165) is 39.0 Å². The lowest BCUT2D eigenvalue weighted by Crippen LogP contribution is -2.44. The lowest BCUT2D eigenvalue weighted by molar-refractivity contribution is 0.0906. The number of piperidine rings is 1. The number of likely N-dealkylation sites (tertiary alicyclic amines) is 1. The number of amides is 2. The van der Waals surface area contributed by atoms with Crippen molar-refractivity contribution in [3.8, 4) is 0 Å². The van der Waals surface area contributed by atoms with Crippen molar-refractivity contribution < 1.29 is 9.59 Å². The third-order valence-electron chi connectivity index (χ3n) is 6.69. The molecule has 0 unspecified atom stereocenters. The predicted octanol–water partition coefficient (Wildman–Crippen LogP) is 4.51. The van der Waals surface area contributed by atoms with Crippen molar-refractivity contribution in [3.63, 3.8) is 0 Å². The maximum Gasteiger partial charge on any atom is 0.251 e. The predicted molar refractivity (Wildman–Crippen MR) is 157 cm³/mol. The summed E-state index contributed by atoms with van der Waals surface area (Å²) in [5.41, 5.74) is 4.96. The number of carbonyl (C=O) groups is 2. The molecule has 3 aromatic rings. The SMILES string of the molecule is Cc1ccc(CN2CCC(NC(=O)c3ccc(C(=O)NCCNCc4ccc(I)cc4)cc3)CC2)cc1. The second kappa shape index (κ2) is 13.7. The number of benzene rings is 3. The first-order valence-corrected chi connectivity index (χ1v) is 14.0. The molecule has 0 spiro atoms. The lowest BCUT2D eigenvalue weighted by Gasteiger charge is -2.32. The van der Waals surface area contributed by atoms with Gasteiger partial charge in [0.15, 0.2) is 0 Å². The van der Waals surface area contributed by atoms with Crippen LogP contribution in [0.25, 0.3) is 0 Å². The van der Waals surface area contributed by atoms with E-state index in [1.54, 1.807) is 24.3 Å². The first-order valence-electron chi connectivity index (χ1n) is 12.9. The summed E-state index contributed by atoms with van der Waals surface area (Å²) in [6.07, 6.45) is 1.88. The molecule has 1 saturated heterocycles. The summed E-state index contributed by atoms with van der Waals surface area (Å²) in [6, 6.07) is 24.1. The zero-order valence-electron chi connectivity index (χ0n) is 21.3. The van der Waals surface area contributed by atoms with E-state index in [1.807, 2.05) is 0 Å². The summed E-state index contributed by atoms with van der Waals surface area (Å²) in [5, 5.41) is 9.42. The number of carbonyl (C=O) groups excluding carboxylic acids is 2. The number of nitrogens with one attached hydrogen (secondary N) is 3. The molecule has 1 heterocycles. The molecule has 1 fully saturated rings. The van der Waals surface area contributed by atoms with Gasteiger partial charge in [0.25, 0.3) is 11.8 Å². The van der Waals surface area contributed by atoms with Gasteiger partial charge >= 0.3 is 0 Å². The number of halogens is 1. The van der Waals surface area contributed by atoms with E-state index < -0.39 is 0 Å². The van der Waals surface area contributed by atoms with Gasteiger partial charge < -0.3 is 16.0 Å². The molecule has 4 rings (SSSR count). The second-order valence-corrected chi connectivity index (χ2v) is 10.9. The second-order valence-electron chi connectivity index (χ2n) is 9.65. The van der Waals surface area contributed by atoms with Crippen LogP contribution in [0.15, 0.2) is 72.8 Å². The molecule has 0 atom stereocenters. The van der Waals surface area contributed by atoms with E-state index in [9.17, 15) is 9.59 Å². The molecular weight excluding hydrogens is 575 g/mol. The first kappa shape index (κ1) is 27.3. The molecule has 0 saturated carbocycles. The van der Waals surface area contributed by atoms with Crippen molar-refractivity contribution >= 4 is 34.4 Å². The monoisotopic (exact) mass is 610 g/mol. The molecule has 37 heavy (non-hydrogen) atoms. The van der Waals surface area contributed by atoms with Crippen LogP contribution < -0.4 is 16.0 Å². The molecule has 6 nitrogen and oxygen atoms in total. The average molecular weight is 611 g/mol. The Hall–Kier alpha value is -2.75. The van der Waals surface area contributed by atoms with Crippen molar-refractivity contribution in [2.24, 2.45) is 0 Å². The van der Waals surface area contributed by atoms with Gasteiger partial charge in [-0.1, -0.05) is 42.0 Å². The molecule has 0 radical (unpaired) electrons. The van der Waals surface area contributed by atoms with Crippen molar-refractivity contribution in [2.75, 3.05) is 26.2 Å². The van der Waals surface area contributed by atoms with Crippen molar-refractivity contribution in [1.82, 2.24) is 20.9 Å². The van der Waals surface area contributed by atoms with Gasteiger partial charge in [0.2, 0.25) is 0 Å². The number of hydrogen-bond acceptors (Lipinski definition) is 4. The summed E-state index contributed by atoms with van der Waals surface area (Å²) < 4.78 is 1.21. The Morgan fingerprint density at radius 3 is 2.05 bits per heavy atom. The number of aryl methyl sites for hydroxylation is 1. The summed E-state index contributed by atoms with van der Waals surface area (Å²) in [4.78, 5) is 27.6. The summed E-state index contributed by atoms with van der Waals surface area (Å²) in [7, 11) is 0. The maximum absolute atomic E-state index is 12.7. The van der Waals surface area contributed by atoms with Crippen LogP contribution in [0.5, 0.6) is 0 Å². The van der Waals surface area contributed by atoms with Crippen LogP contribution in [0, 0.1) is 10.5 Å². The molecule has 2 amide bonds. The van der Waals surface area contributed by atoms with E-state index in [2.05, 4.69) is 98.9 Å². The molecule has 3 aromatic carbocycles. The van der Waals surface area contributed by atoms with E-state index in [0.29, 0.717) is 24.2 Å². The highest BCUT2D eigenvalue weighted by atomic mass is 127. The molecular formula is C30H35IN4O2. The zero-order chi connectivity index (χ0) is 26.0. The highest BCUT2D eigenvalue weighted by molar-refractivity contribution is 14.1. The third-order valence-corrected chi connectivity index (χ3v) is 7.41. The van der Waals surface area contributed by atoms with E-state index >= 15 is 0 Å². The van der Waals surface area contributed by atoms with Crippen LogP contribution >= 0.6 is 22.6 Å². The highest BCUT2D eigenvalue weighted by Gasteiger charge is 2.21. The van der Waals surface area contributed by atoms with Gasteiger partial charge in [-0.05, 0) is 89.9 Å². The Labute approximate surface area is 233 Å². The van der Waals surface area contributed by atoms with Gasteiger partial charge in [0.05, 0.1) is 0 Å². The minimum Gasteiger partial charge on any atom is -0.351 e. The molecule has 1 aliphatic heterocycles. The normalized spacial score (nSPS) is 14.3. The third kappa shape index (κ3) is 8.66.